The van der Waals surface area contributed by atoms with E-state index in [4.69, 9.17) is 4.74 Å². The highest BCUT2D eigenvalue weighted by molar-refractivity contribution is 7.99. The van der Waals surface area contributed by atoms with Crippen molar-refractivity contribution in [2.45, 2.75) is 31.5 Å². The highest BCUT2D eigenvalue weighted by Crippen LogP contribution is 2.25. The van der Waals surface area contributed by atoms with Gasteiger partial charge >= 0.3 is 0 Å². The normalized spacial score (nSPS) is 11.4. The Kier molecular flexibility index (Phi) is 6.51. The molecule has 1 N–H and O–H groups in total. The van der Waals surface area contributed by atoms with Crippen LogP contribution in [0.4, 0.5) is 0 Å². The second kappa shape index (κ2) is 9.50. The van der Waals surface area contributed by atoms with Crippen LogP contribution in [0.2, 0.25) is 0 Å². The molecule has 0 saturated carbocycles. The van der Waals surface area contributed by atoms with Gasteiger partial charge in [-0.05, 0) is 69.3 Å². The highest BCUT2D eigenvalue weighted by atomic mass is 32.2. The lowest BCUT2D eigenvalue weighted by Crippen LogP contribution is -2.41. The Morgan fingerprint density at radius 3 is 2.27 bits per heavy atom. The summed E-state index contributed by atoms with van der Waals surface area (Å²) in [7, 11) is 0. The fraction of sp³-hybridized carbons (Fsp3) is 0.192. The van der Waals surface area contributed by atoms with Gasteiger partial charge in [-0.3, -0.25) is 14.2 Å². The van der Waals surface area contributed by atoms with E-state index in [-0.39, 0.29) is 22.8 Å². The molecule has 1 amide bonds. The maximum absolute atomic E-state index is 13.4. The van der Waals surface area contributed by atoms with Crippen molar-refractivity contribution in [1.29, 1.82) is 0 Å². The number of thioether (sulfide) groups is 1. The second-order valence-electron chi connectivity index (χ2n) is 8.55. The van der Waals surface area contributed by atoms with E-state index < -0.39 is 0 Å². The fourth-order valence-corrected chi connectivity index (χ4v) is 4.12. The van der Waals surface area contributed by atoms with Crippen molar-refractivity contribution in [3.05, 3.63) is 89.2 Å². The number of amides is 1. The third-order valence-corrected chi connectivity index (χ3v) is 5.60. The molecule has 0 bridgehead atoms. The van der Waals surface area contributed by atoms with E-state index in [0.29, 0.717) is 27.5 Å². The molecule has 0 unspecified atom stereocenters. The average molecular weight is 460 g/mol. The molecule has 0 aliphatic carbocycles. The SMILES string of the molecule is CC(C)(C)NC(=O)CSc1nc2ccccc2c(=O)n1-c1ccc(Oc2ccccc2)cc1. The molecule has 0 aliphatic rings. The zero-order chi connectivity index (χ0) is 23.4. The van der Waals surface area contributed by atoms with Crippen LogP contribution in [0, 0.1) is 0 Å². The van der Waals surface area contributed by atoms with E-state index in [9.17, 15) is 9.59 Å². The predicted molar refractivity (Wildman–Crippen MR) is 132 cm³/mol. The first-order valence-corrected chi connectivity index (χ1v) is 11.6. The molecule has 0 atom stereocenters. The maximum atomic E-state index is 13.4. The van der Waals surface area contributed by atoms with Gasteiger partial charge in [0.05, 0.1) is 22.3 Å². The third kappa shape index (κ3) is 5.62. The lowest BCUT2D eigenvalue weighted by atomic mass is 10.1. The van der Waals surface area contributed by atoms with Crippen molar-refractivity contribution in [2.75, 3.05) is 5.75 Å². The minimum absolute atomic E-state index is 0.118. The minimum Gasteiger partial charge on any atom is -0.457 e. The molecule has 0 saturated heterocycles. The first kappa shape index (κ1) is 22.6. The Hall–Kier alpha value is -3.58. The molecule has 3 aromatic carbocycles. The van der Waals surface area contributed by atoms with Gasteiger partial charge < -0.3 is 10.1 Å². The first-order valence-electron chi connectivity index (χ1n) is 10.6. The number of rotatable bonds is 6. The van der Waals surface area contributed by atoms with E-state index in [1.807, 2.05) is 87.5 Å². The molecular weight excluding hydrogens is 434 g/mol. The average Bonchev–Trinajstić information content (AvgIpc) is 2.78. The smallest absolute Gasteiger partial charge is 0.266 e. The van der Waals surface area contributed by atoms with Crippen LogP contribution in [0.1, 0.15) is 20.8 Å². The summed E-state index contributed by atoms with van der Waals surface area (Å²) in [6.07, 6.45) is 0. The molecule has 0 spiro atoms. The number of para-hydroxylation sites is 2. The molecule has 33 heavy (non-hydrogen) atoms. The van der Waals surface area contributed by atoms with Gasteiger partial charge in [0, 0.05) is 5.54 Å². The predicted octanol–water partition coefficient (Wildman–Crippen LogP) is 5.18. The number of hydrogen-bond donors (Lipinski definition) is 1. The summed E-state index contributed by atoms with van der Waals surface area (Å²) in [5, 5.41) is 3.92. The number of ether oxygens (including phenoxy) is 1. The van der Waals surface area contributed by atoms with Crippen LogP contribution < -0.4 is 15.6 Å². The van der Waals surface area contributed by atoms with E-state index in [1.165, 1.54) is 11.8 Å². The summed E-state index contributed by atoms with van der Waals surface area (Å²) >= 11 is 1.24. The van der Waals surface area contributed by atoms with Gasteiger partial charge in [0.1, 0.15) is 11.5 Å². The van der Waals surface area contributed by atoms with Crippen LogP contribution in [0.25, 0.3) is 16.6 Å². The number of carbonyl (C=O) groups excluding carboxylic acids is 1. The zero-order valence-electron chi connectivity index (χ0n) is 18.7. The monoisotopic (exact) mass is 459 g/mol. The molecule has 1 heterocycles. The number of fused-ring (bicyclic) bond motifs is 1. The van der Waals surface area contributed by atoms with Crippen molar-refractivity contribution in [3.63, 3.8) is 0 Å². The van der Waals surface area contributed by atoms with Crippen molar-refractivity contribution in [2.24, 2.45) is 0 Å². The van der Waals surface area contributed by atoms with Crippen LogP contribution >= 0.6 is 11.8 Å². The maximum Gasteiger partial charge on any atom is 0.266 e. The van der Waals surface area contributed by atoms with Crippen LogP contribution in [0.5, 0.6) is 11.5 Å². The second-order valence-corrected chi connectivity index (χ2v) is 9.49. The Morgan fingerprint density at radius 1 is 0.939 bits per heavy atom. The highest BCUT2D eigenvalue weighted by Gasteiger charge is 2.17. The van der Waals surface area contributed by atoms with Crippen LogP contribution in [-0.4, -0.2) is 26.8 Å². The number of nitrogens with zero attached hydrogens (tertiary/aromatic N) is 2. The minimum atomic E-state index is -0.331. The molecule has 0 aliphatic heterocycles. The van der Waals surface area contributed by atoms with Crippen molar-refractivity contribution >= 4 is 28.6 Å². The zero-order valence-corrected chi connectivity index (χ0v) is 19.6. The number of hydrogen-bond acceptors (Lipinski definition) is 5. The van der Waals surface area contributed by atoms with Gasteiger partial charge in [-0.1, -0.05) is 42.1 Å². The van der Waals surface area contributed by atoms with Gasteiger partial charge in [-0.15, -0.1) is 0 Å². The van der Waals surface area contributed by atoms with Gasteiger partial charge in [-0.2, -0.15) is 0 Å². The molecule has 168 valence electrons. The van der Waals surface area contributed by atoms with Crippen molar-refractivity contribution in [3.8, 4) is 17.2 Å². The van der Waals surface area contributed by atoms with Crippen molar-refractivity contribution in [1.82, 2.24) is 14.9 Å². The standard InChI is InChI=1S/C26H25N3O3S/c1-26(2,3)28-23(30)17-33-25-27-22-12-8-7-11-21(22)24(31)29(25)18-13-15-20(16-14-18)32-19-9-5-4-6-10-19/h4-16H,17H2,1-3H3,(H,28,30). The topological polar surface area (TPSA) is 73.2 Å². The van der Waals surface area contributed by atoms with Crippen LogP contribution in [0.3, 0.4) is 0 Å². The van der Waals surface area contributed by atoms with Gasteiger partial charge in [-0.25, -0.2) is 4.98 Å². The number of carbonyl (C=O) groups is 1. The quantitative estimate of drug-likeness (QED) is 0.318. The lowest BCUT2D eigenvalue weighted by molar-refractivity contribution is -0.119. The molecule has 4 rings (SSSR count). The van der Waals surface area contributed by atoms with Gasteiger partial charge in [0.2, 0.25) is 5.91 Å². The summed E-state index contributed by atoms with van der Waals surface area (Å²) in [4.78, 5) is 30.4. The third-order valence-electron chi connectivity index (χ3n) is 4.67. The summed E-state index contributed by atoms with van der Waals surface area (Å²) in [6, 6.07) is 24.0. The van der Waals surface area contributed by atoms with Gasteiger partial charge in [0.25, 0.3) is 5.56 Å². The lowest BCUT2D eigenvalue weighted by Gasteiger charge is -2.20. The molecule has 0 radical (unpaired) electrons. The molecule has 7 heteroatoms. The molecule has 0 fully saturated rings. The van der Waals surface area contributed by atoms with E-state index >= 15 is 0 Å². The number of nitrogens with one attached hydrogen (secondary N) is 1. The Labute approximate surface area is 196 Å². The molecule has 1 aromatic heterocycles. The molecule has 6 nitrogen and oxygen atoms in total. The molecule has 4 aromatic rings. The summed E-state index contributed by atoms with van der Waals surface area (Å²) in [6.45, 7) is 5.79. The number of aromatic nitrogens is 2. The number of benzene rings is 3. The van der Waals surface area contributed by atoms with Crippen LogP contribution in [-0.2, 0) is 4.79 Å². The summed E-state index contributed by atoms with van der Waals surface area (Å²) in [5.41, 5.74) is 0.734. The first-order chi connectivity index (χ1) is 15.8. The van der Waals surface area contributed by atoms with E-state index in [2.05, 4.69) is 10.3 Å². The Bertz CT molecular complexity index is 1330. The summed E-state index contributed by atoms with van der Waals surface area (Å²) < 4.78 is 7.41. The van der Waals surface area contributed by atoms with E-state index in [1.54, 1.807) is 16.7 Å². The van der Waals surface area contributed by atoms with Gasteiger partial charge in [0.15, 0.2) is 5.16 Å². The van der Waals surface area contributed by atoms with Crippen molar-refractivity contribution < 1.29 is 9.53 Å². The Morgan fingerprint density at radius 2 is 1.58 bits per heavy atom. The molecular formula is C26H25N3O3S. The largest absolute Gasteiger partial charge is 0.457 e. The summed E-state index contributed by atoms with van der Waals surface area (Å²) in [5.74, 6) is 1.42. The Balaban J connectivity index is 1.68. The van der Waals surface area contributed by atoms with E-state index in [0.717, 1.165) is 5.75 Å². The van der Waals surface area contributed by atoms with Crippen LogP contribution in [0.15, 0.2) is 88.8 Å². The fourth-order valence-electron chi connectivity index (χ4n) is 3.31.